The minimum atomic E-state index is 0. The maximum atomic E-state index is 5.12. The third kappa shape index (κ3) is 6.25. The van der Waals surface area contributed by atoms with Crippen molar-refractivity contribution in [3.63, 3.8) is 0 Å². The van der Waals surface area contributed by atoms with Crippen LogP contribution >= 0.6 is 24.0 Å². The second kappa shape index (κ2) is 10.8. The first kappa shape index (κ1) is 20.1. The maximum absolute atomic E-state index is 5.12. The number of hydrogen-bond acceptors (Lipinski definition) is 4. The number of aliphatic imine (C=N–C) groups is 1. The van der Waals surface area contributed by atoms with Gasteiger partial charge in [0.15, 0.2) is 5.96 Å². The van der Waals surface area contributed by atoms with Crippen LogP contribution in [-0.4, -0.2) is 54.1 Å². The molecular formula is C15H29IN6O. The topological polar surface area (TPSA) is 76.4 Å². The number of nitrogens with one attached hydrogen (secondary N) is 2. The summed E-state index contributed by atoms with van der Waals surface area (Å²) in [5.74, 6) is 3.01. The summed E-state index contributed by atoms with van der Waals surface area (Å²) in [4.78, 5) is 4.23. The van der Waals surface area contributed by atoms with Crippen molar-refractivity contribution in [1.29, 1.82) is 0 Å². The Bertz CT molecular complexity index is 490. The molecular weight excluding hydrogens is 407 g/mol. The van der Waals surface area contributed by atoms with Crippen LogP contribution in [0.4, 0.5) is 0 Å². The third-order valence-corrected chi connectivity index (χ3v) is 3.85. The van der Waals surface area contributed by atoms with Gasteiger partial charge in [0, 0.05) is 46.1 Å². The lowest BCUT2D eigenvalue weighted by Crippen LogP contribution is -2.44. The molecule has 2 heterocycles. The van der Waals surface area contributed by atoms with Crippen molar-refractivity contribution in [1.82, 2.24) is 25.4 Å². The zero-order chi connectivity index (χ0) is 15.8. The molecule has 2 rings (SSSR count). The van der Waals surface area contributed by atoms with Crippen LogP contribution < -0.4 is 10.6 Å². The van der Waals surface area contributed by atoms with Gasteiger partial charge >= 0.3 is 0 Å². The van der Waals surface area contributed by atoms with Crippen molar-refractivity contribution in [3.05, 3.63) is 11.6 Å². The number of ether oxygens (including phenoxy) is 1. The normalized spacial score (nSPS) is 16.0. The number of aryl methyl sites for hydroxylation is 1. The predicted octanol–water partition coefficient (Wildman–Crippen LogP) is 1.36. The number of rotatable bonds is 6. The number of guanidine groups is 1. The molecule has 0 amide bonds. The molecule has 8 heteroatoms. The van der Waals surface area contributed by atoms with Gasteiger partial charge in [0.1, 0.15) is 11.6 Å². The van der Waals surface area contributed by atoms with E-state index in [-0.39, 0.29) is 30.0 Å². The largest absolute Gasteiger partial charge is 0.383 e. The maximum Gasteiger partial charge on any atom is 0.191 e. The van der Waals surface area contributed by atoms with Gasteiger partial charge < -0.3 is 19.9 Å². The molecule has 0 aliphatic carbocycles. The van der Waals surface area contributed by atoms with Gasteiger partial charge in [0.2, 0.25) is 0 Å². The Hall–Kier alpha value is -0.900. The molecule has 7 nitrogen and oxygen atoms in total. The minimum Gasteiger partial charge on any atom is -0.383 e. The van der Waals surface area contributed by atoms with E-state index in [1.54, 1.807) is 14.2 Å². The molecule has 0 saturated heterocycles. The number of aromatic nitrogens is 3. The third-order valence-electron chi connectivity index (χ3n) is 3.85. The molecule has 23 heavy (non-hydrogen) atoms. The van der Waals surface area contributed by atoms with Crippen LogP contribution in [0.1, 0.15) is 37.8 Å². The second-order valence-corrected chi connectivity index (χ2v) is 5.74. The van der Waals surface area contributed by atoms with Crippen LogP contribution in [0, 0.1) is 0 Å². The van der Waals surface area contributed by atoms with Crippen LogP contribution in [0.25, 0.3) is 0 Å². The monoisotopic (exact) mass is 436 g/mol. The highest BCUT2D eigenvalue weighted by molar-refractivity contribution is 14.0. The summed E-state index contributed by atoms with van der Waals surface area (Å²) in [7, 11) is 3.48. The Kier molecular flexibility index (Phi) is 9.46. The molecule has 0 fully saturated rings. The van der Waals surface area contributed by atoms with Crippen LogP contribution in [0.3, 0.4) is 0 Å². The van der Waals surface area contributed by atoms with E-state index in [0.717, 1.165) is 43.5 Å². The summed E-state index contributed by atoms with van der Waals surface area (Å²) in [5.41, 5.74) is 0. The summed E-state index contributed by atoms with van der Waals surface area (Å²) in [6, 6.07) is 0.223. The lowest BCUT2D eigenvalue weighted by molar-refractivity contribution is 0.179. The van der Waals surface area contributed by atoms with Gasteiger partial charge in [-0.05, 0) is 19.8 Å². The van der Waals surface area contributed by atoms with Crippen LogP contribution in [-0.2, 0) is 24.1 Å². The van der Waals surface area contributed by atoms with E-state index in [9.17, 15) is 0 Å². The van der Waals surface area contributed by atoms with E-state index in [4.69, 9.17) is 4.74 Å². The molecule has 132 valence electrons. The van der Waals surface area contributed by atoms with E-state index in [1.807, 2.05) is 0 Å². The Morgan fingerprint density at radius 1 is 1.35 bits per heavy atom. The standard InChI is InChI=1S/C15H28N6O.HI/c1-12(11-22-3)18-15(16-2)17-9-8-14-20-19-13-7-5-4-6-10-21(13)14;/h12H,4-11H2,1-3H3,(H2,16,17,18);1H. The molecule has 1 aliphatic rings. The minimum absolute atomic E-state index is 0. The number of fused-ring (bicyclic) bond motifs is 1. The van der Waals surface area contributed by atoms with Crippen molar-refractivity contribution in [2.45, 2.75) is 51.6 Å². The fourth-order valence-corrected chi connectivity index (χ4v) is 2.74. The van der Waals surface area contributed by atoms with Gasteiger partial charge in [-0.1, -0.05) is 6.42 Å². The molecule has 1 unspecified atom stereocenters. The van der Waals surface area contributed by atoms with Crippen LogP contribution in [0.2, 0.25) is 0 Å². The van der Waals surface area contributed by atoms with Crippen LogP contribution in [0.15, 0.2) is 4.99 Å². The molecule has 0 saturated carbocycles. The number of nitrogens with zero attached hydrogens (tertiary/aromatic N) is 4. The highest BCUT2D eigenvalue weighted by Gasteiger charge is 2.14. The summed E-state index contributed by atoms with van der Waals surface area (Å²) in [6.07, 6.45) is 5.65. The first-order valence-corrected chi connectivity index (χ1v) is 8.11. The molecule has 0 aromatic carbocycles. The summed E-state index contributed by atoms with van der Waals surface area (Å²) >= 11 is 0. The van der Waals surface area contributed by atoms with Gasteiger partial charge in [-0.15, -0.1) is 34.2 Å². The van der Waals surface area contributed by atoms with E-state index >= 15 is 0 Å². The van der Waals surface area contributed by atoms with E-state index in [2.05, 4.69) is 37.3 Å². The lowest BCUT2D eigenvalue weighted by atomic mass is 10.2. The van der Waals surface area contributed by atoms with Gasteiger partial charge in [-0.3, -0.25) is 4.99 Å². The second-order valence-electron chi connectivity index (χ2n) is 5.74. The zero-order valence-electron chi connectivity index (χ0n) is 14.3. The summed E-state index contributed by atoms with van der Waals surface area (Å²) in [5, 5.41) is 15.3. The molecule has 1 aliphatic heterocycles. The van der Waals surface area contributed by atoms with E-state index < -0.39 is 0 Å². The van der Waals surface area contributed by atoms with E-state index in [1.165, 1.54) is 19.3 Å². The predicted molar refractivity (Wildman–Crippen MR) is 103 cm³/mol. The molecule has 0 radical (unpaired) electrons. The highest BCUT2D eigenvalue weighted by Crippen LogP contribution is 2.14. The zero-order valence-corrected chi connectivity index (χ0v) is 16.7. The molecule has 0 spiro atoms. The lowest BCUT2D eigenvalue weighted by Gasteiger charge is -2.17. The van der Waals surface area contributed by atoms with Gasteiger partial charge in [0.05, 0.1) is 6.61 Å². The number of hydrogen-bond donors (Lipinski definition) is 2. The fraction of sp³-hybridized carbons (Fsp3) is 0.800. The Morgan fingerprint density at radius 2 is 2.17 bits per heavy atom. The molecule has 0 bridgehead atoms. The molecule has 1 aromatic heterocycles. The van der Waals surface area contributed by atoms with Crippen LogP contribution in [0.5, 0.6) is 0 Å². The average molecular weight is 436 g/mol. The average Bonchev–Trinajstić information content (AvgIpc) is 2.74. The van der Waals surface area contributed by atoms with Gasteiger partial charge in [-0.2, -0.15) is 0 Å². The Balaban J connectivity index is 0.00000264. The number of methoxy groups -OCH3 is 1. The van der Waals surface area contributed by atoms with Gasteiger partial charge in [-0.25, -0.2) is 0 Å². The van der Waals surface area contributed by atoms with E-state index in [0.29, 0.717) is 6.61 Å². The fourth-order valence-electron chi connectivity index (χ4n) is 2.74. The van der Waals surface area contributed by atoms with Crippen molar-refractivity contribution < 1.29 is 4.74 Å². The SMILES string of the molecule is CN=C(NCCc1nnc2n1CCCCC2)NC(C)COC.I. The van der Waals surface area contributed by atoms with Crippen molar-refractivity contribution in [2.24, 2.45) is 4.99 Å². The smallest absolute Gasteiger partial charge is 0.191 e. The summed E-state index contributed by atoms with van der Waals surface area (Å²) in [6.45, 7) is 4.56. The van der Waals surface area contributed by atoms with Crippen molar-refractivity contribution in [3.8, 4) is 0 Å². The van der Waals surface area contributed by atoms with Crippen molar-refractivity contribution in [2.75, 3.05) is 27.3 Å². The Morgan fingerprint density at radius 3 is 2.91 bits per heavy atom. The number of halogens is 1. The molecule has 2 N–H and O–H groups in total. The van der Waals surface area contributed by atoms with Gasteiger partial charge in [0.25, 0.3) is 0 Å². The Labute approximate surface area is 155 Å². The highest BCUT2D eigenvalue weighted by atomic mass is 127. The first-order valence-electron chi connectivity index (χ1n) is 8.11. The van der Waals surface area contributed by atoms with Crippen molar-refractivity contribution >= 4 is 29.9 Å². The molecule has 1 atom stereocenters. The molecule has 1 aromatic rings. The summed E-state index contributed by atoms with van der Waals surface area (Å²) < 4.78 is 7.41. The quantitative estimate of drug-likeness (QED) is 0.400. The first-order chi connectivity index (χ1) is 10.7.